The Balaban J connectivity index is 2.36. The average molecular weight is 299 g/mol. The molecule has 112 valence electrons. The first-order chi connectivity index (χ1) is 9.43. The maximum atomic E-state index is 12.2. The Morgan fingerprint density at radius 2 is 2.10 bits per heavy atom. The molecule has 3 N–H and O–H groups in total. The van der Waals surface area contributed by atoms with Crippen molar-refractivity contribution < 1.29 is 13.2 Å². The minimum absolute atomic E-state index is 0.00560. The fourth-order valence-electron chi connectivity index (χ4n) is 2.61. The molecule has 0 spiro atoms. The molecule has 0 radical (unpaired) electrons. The predicted molar refractivity (Wildman–Crippen MR) is 75.9 cm³/mol. The van der Waals surface area contributed by atoms with Crippen LogP contribution in [-0.4, -0.2) is 25.4 Å². The Kier molecular flexibility index (Phi) is 4.49. The van der Waals surface area contributed by atoms with Crippen LogP contribution < -0.4 is 10.5 Å². The highest BCUT2D eigenvalue weighted by molar-refractivity contribution is 7.89. The first kappa shape index (κ1) is 15.1. The summed E-state index contributed by atoms with van der Waals surface area (Å²) in [6.07, 6.45) is 6.46. The molecule has 2 rings (SSSR count). The van der Waals surface area contributed by atoms with Crippen molar-refractivity contribution in [1.82, 2.24) is 9.88 Å². The number of amides is 1. The molecule has 0 atom stereocenters. The largest absolute Gasteiger partial charge is 0.351 e. The van der Waals surface area contributed by atoms with E-state index in [1.807, 2.05) is 6.92 Å². The molecular formula is C13H21N3O3S. The summed E-state index contributed by atoms with van der Waals surface area (Å²) in [5.74, 6) is -0.242. The molecule has 0 bridgehead atoms. The number of hydrogen-bond acceptors (Lipinski definition) is 3. The second-order valence-electron chi connectivity index (χ2n) is 5.21. The number of carbonyl (C=O) groups is 1. The van der Waals surface area contributed by atoms with Crippen LogP contribution in [0.2, 0.25) is 0 Å². The lowest BCUT2D eigenvalue weighted by Gasteiger charge is -2.15. The molecule has 0 aromatic carbocycles. The monoisotopic (exact) mass is 299 g/mol. The Morgan fingerprint density at radius 3 is 2.65 bits per heavy atom. The van der Waals surface area contributed by atoms with Gasteiger partial charge >= 0.3 is 0 Å². The number of rotatable bonds is 5. The third kappa shape index (κ3) is 3.21. The fraction of sp³-hybridized carbons (Fsp3) is 0.615. The molecule has 1 aliphatic carbocycles. The summed E-state index contributed by atoms with van der Waals surface area (Å²) < 4.78 is 24.7. The number of primary sulfonamides is 1. The van der Waals surface area contributed by atoms with Gasteiger partial charge in [-0.3, -0.25) is 4.79 Å². The number of nitrogens with two attached hydrogens (primary N) is 1. The number of sulfonamides is 1. The van der Waals surface area contributed by atoms with E-state index >= 15 is 0 Å². The standard InChI is InChI=1S/C13H21N3O3S/c1-2-7-15-13(17)12-8-11(20(14,18)19)9-16(12)10-5-3-4-6-10/h8-10H,2-7H2,1H3,(H,15,17)(H2,14,18,19). The van der Waals surface area contributed by atoms with E-state index in [2.05, 4.69) is 5.32 Å². The molecule has 6 nitrogen and oxygen atoms in total. The van der Waals surface area contributed by atoms with Crippen LogP contribution in [0.25, 0.3) is 0 Å². The zero-order valence-corrected chi connectivity index (χ0v) is 12.4. The van der Waals surface area contributed by atoms with Crippen LogP contribution in [0.4, 0.5) is 0 Å². The normalized spacial score (nSPS) is 16.5. The SMILES string of the molecule is CCCNC(=O)c1cc(S(N)(=O)=O)cn1C1CCCC1. The summed E-state index contributed by atoms with van der Waals surface area (Å²) in [6.45, 7) is 2.53. The molecule has 20 heavy (non-hydrogen) atoms. The van der Waals surface area contributed by atoms with Crippen LogP contribution in [0.3, 0.4) is 0 Å². The summed E-state index contributed by atoms with van der Waals surface area (Å²) in [5, 5.41) is 7.95. The minimum Gasteiger partial charge on any atom is -0.351 e. The first-order valence-electron chi connectivity index (χ1n) is 6.96. The van der Waals surface area contributed by atoms with Crippen molar-refractivity contribution in [3.8, 4) is 0 Å². The van der Waals surface area contributed by atoms with Gasteiger partial charge in [-0.1, -0.05) is 19.8 Å². The van der Waals surface area contributed by atoms with Crippen LogP contribution in [0.5, 0.6) is 0 Å². The Labute approximate surface area is 119 Å². The quantitative estimate of drug-likeness (QED) is 0.860. The van der Waals surface area contributed by atoms with Gasteiger partial charge in [0.1, 0.15) is 10.6 Å². The van der Waals surface area contributed by atoms with Gasteiger partial charge in [0, 0.05) is 18.8 Å². The summed E-state index contributed by atoms with van der Waals surface area (Å²) in [7, 11) is -3.79. The Morgan fingerprint density at radius 1 is 1.45 bits per heavy atom. The number of aromatic nitrogens is 1. The predicted octanol–water partition coefficient (Wildman–Crippen LogP) is 1.39. The highest BCUT2D eigenvalue weighted by Crippen LogP contribution is 2.32. The number of carbonyl (C=O) groups excluding carboxylic acids is 1. The van der Waals surface area contributed by atoms with Gasteiger partial charge in [-0.2, -0.15) is 0 Å². The number of nitrogens with zero attached hydrogens (tertiary/aromatic N) is 1. The molecule has 1 heterocycles. The van der Waals surface area contributed by atoms with E-state index in [0.717, 1.165) is 32.1 Å². The van der Waals surface area contributed by atoms with Crippen LogP contribution in [-0.2, 0) is 10.0 Å². The van der Waals surface area contributed by atoms with Gasteiger partial charge in [0.2, 0.25) is 10.0 Å². The van der Waals surface area contributed by atoms with Gasteiger partial charge in [0.25, 0.3) is 5.91 Å². The number of nitrogens with one attached hydrogen (secondary N) is 1. The van der Waals surface area contributed by atoms with Gasteiger partial charge in [-0.15, -0.1) is 0 Å². The maximum Gasteiger partial charge on any atom is 0.267 e. The van der Waals surface area contributed by atoms with Crippen LogP contribution in [0.15, 0.2) is 17.2 Å². The average Bonchev–Trinajstić information content (AvgIpc) is 3.02. The van der Waals surface area contributed by atoms with Crippen molar-refractivity contribution in [2.24, 2.45) is 5.14 Å². The highest BCUT2D eigenvalue weighted by atomic mass is 32.2. The summed E-state index contributed by atoms with van der Waals surface area (Å²) in [6, 6.07) is 1.56. The highest BCUT2D eigenvalue weighted by Gasteiger charge is 2.25. The van der Waals surface area contributed by atoms with Crippen LogP contribution in [0.1, 0.15) is 55.6 Å². The lowest BCUT2D eigenvalue weighted by molar-refractivity contribution is 0.0942. The molecule has 0 aliphatic heterocycles. The van der Waals surface area contributed by atoms with Gasteiger partial charge in [0.15, 0.2) is 0 Å². The number of hydrogen-bond donors (Lipinski definition) is 2. The van der Waals surface area contributed by atoms with E-state index in [0.29, 0.717) is 12.2 Å². The zero-order chi connectivity index (χ0) is 14.8. The molecule has 1 saturated carbocycles. The first-order valence-corrected chi connectivity index (χ1v) is 8.51. The fourth-order valence-corrected chi connectivity index (χ4v) is 3.14. The topological polar surface area (TPSA) is 94.2 Å². The summed E-state index contributed by atoms with van der Waals surface area (Å²) in [4.78, 5) is 12.2. The van der Waals surface area contributed by atoms with Crippen molar-refractivity contribution in [3.63, 3.8) is 0 Å². The van der Waals surface area contributed by atoms with Crippen molar-refractivity contribution in [1.29, 1.82) is 0 Å². The molecule has 1 aliphatic rings. The van der Waals surface area contributed by atoms with E-state index < -0.39 is 10.0 Å². The smallest absolute Gasteiger partial charge is 0.267 e. The molecule has 1 aromatic heterocycles. The minimum atomic E-state index is -3.79. The maximum absolute atomic E-state index is 12.2. The van der Waals surface area contributed by atoms with E-state index in [9.17, 15) is 13.2 Å². The second kappa shape index (κ2) is 5.97. The molecule has 7 heteroatoms. The van der Waals surface area contributed by atoms with Gasteiger partial charge in [-0.05, 0) is 25.3 Å². The van der Waals surface area contributed by atoms with Crippen molar-refractivity contribution in [3.05, 3.63) is 18.0 Å². The second-order valence-corrected chi connectivity index (χ2v) is 6.77. The van der Waals surface area contributed by atoms with E-state index in [4.69, 9.17) is 5.14 Å². The van der Waals surface area contributed by atoms with Crippen LogP contribution in [0, 0.1) is 0 Å². The van der Waals surface area contributed by atoms with Gasteiger partial charge in [0.05, 0.1) is 0 Å². The van der Waals surface area contributed by atoms with Crippen molar-refractivity contribution in [2.75, 3.05) is 6.54 Å². The third-order valence-electron chi connectivity index (χ3n) is 3.64. The van der Waals surface area contributed by atoms with E-state index in [1.54, 1.807) is 4.57 Å². The lowest BCUT2D eigenvalue weighted by Crippen LogP contribution is -2.27. The zero-order valence-electron chi connectivity index (χ0n) is 11.6. The molecule has 0 unspecified atom stereocenters. The van der Waals surface area contributed by atoms with Gasteiger partial charge in [-0.25, -0.2) is 13.6 Å². The molecular weight excluding hydrogens is 278 g/mol. The molecule has 1 fully saturated rings. The van der Waals surface area contributed by atoms with Crippen molar-refractivity contribution in [2.45, 2.75) is 50.0 Å². The van der Waals surface area contributed by atoms with Crippen molar-refractivity contribution >= 4 is 15.9 Å². The molecule has 0 saturated heterocycles. The van der Waals surface area contributed by atoms with E-state index in [1.165, 1.54) is 12.3 Å². The van der Waals surface area contributed by atoms with Gasteiger partial charge < -0.3 is 9.88 Å². The third-order valence-corrected chi connectivity index (χ3v) is 4.52. The lowest BCUT2D eigenvalue weighted by atomic mass is 10.2. The van der Waals surface area contributed by atoms with Crippen LogP contribution >= 0.6 is 0 Å². The summed E-state index contributed by atoms with van der Waals surface area (Å²) >= 11 is 0. The summed E-state index contributed by atoms with van der Waals surface area (Å²) in [5.41, 5.74) is 0.384. The Bertz CT molecular complexity index is 586. The molecule has 1 aromatic rings. The van der Waals surface area contributed by atoms with E-state index in [-0.39, 0.29) is 16.8 Å². The Hall–Kier alpha value is -1.34. The molecule has 1 amide bonds.